The van der Waals surface area contributed by atoms with Crippen molar-refractivity contribution in [1.82, 2.24) is 9.97 Å². The van der Waals surface area contributed by atoms with E-state index in [1.807, 2.05) is 30.3 Å². The van der Waals surface area contributed by atoms with Crippen LogP contribution in [0.1, 0.15) is 17.0 Å². The third-order valence-electron chi connectivity index (χ3n) is 4.61. The lowest BCUT2D eigenvalue weighted by atomic mass is 10.2. The van der Waals surface area contributed by atoms with Crippen molar-refractivity contribution in [3.63, 3.8) is 0 Å². The normalized spacial score (nSPS) is 11.5. The molecule has 2 aromatic heterocycles. The number of sulfone groups is 1. The molecule has 0 amide bonds. The highest BCUT2D eigenvalue weighted by Gasteiger charge is 2.27. The smallest absolute Gasteiger partial charge is 0.234 e. The number of oxazole rings is 1. The Labute approximate surface area is 186 Å². The van der Waals surface area contributed by atoms with Crippen LogP contribution in [0.4, 0.5) is 5.88 Å². The van der Waals surface area contributed by atoms with Crippen molar-refractivity contribution in [1.29, 1.82) is 0 Å². The molecule has 0 atom stereocenters. The molecule has 0 aliphatic rings. The maximum absolute atomic E-state index is 13.2. The lowest BCUT2D eigenvalue weighted by Crippen LogP contribution is -2.07. The van der Waals surface area contributed by atoms with Crippen molar-refractivity contribution in [2.45, 2.75) is 16.5 Å². The van der Waals surface area contributed by atoms with Crippen molar-refractivity contribution in [3.8, 4) is 5.75 Å². The number of aromatic nitrogens is 2. The highest BCUT2D eigenvalue weighted by atomic mass is 32.2. The molecule has 8 heteroatoms. The molecule has 7 nitrogen and oxygen atoms in total. The Morgan fingerprint density at radius 1 is 1.03 bits per heavy atom. The van der Waals surface area contributed by atoms with Gasteiger partial charge in [-0.3, -0.25) is 4.98 Å². The Balaban J connectivity index is 1.68. The van der Waals surface area contributed by atoms with E-state index < -0.39 is 9.84 Å². The molecular formula is C24H21N3O4S. The molecule has 0 saturated carbocycles. The number of hydrogen-bond donors (Lipinski definition) is 1. The Bertz CT molecular complexity index is 1320. The third kappa shape index (κ3) is 4.87. The van der Waals surface area contributed by atoms with Gasteiger partial charge in [0.2, 0.25) is 26.6 Å². The molecule has 4 aromatic rings. The molecule has 32 heavy (non-hydrogen) atoms. The number of rotatable bonds is 8. The van der Waals surface area contributed by atoms with Gasteiger partial charge in [0.25, 0.3) is 0 Å². The average molecular weight is 448 g/mol. The topological polar surface area (TPSA) is 94.3 Å². The van der Waals surface area contributed by atoms with E-state index in [1.165, 1.54) is 12.1 Å². The van der Waals surface area contributed by atoms with E-state index in [4.69, 9.17) is 9.15 Å². The minimum absolute atomic E-state index is 0.0722. The molecule has 1 N–H and O–H groups in total. The molecule has 0 unspecified atom stereocenters. The van der Waals surface area contributed by atoms with Gasteiger partial charge >= 0.3 is 0 Å². The third-order valence-corrected chi connectivity index (χ3v) is 6.29. The van der Waals surface area contributed by atoms with Crippen LogP contribution in [0.25, 0.3) is 12.2 Å². The van der Waals surface area contributed by atoms with Crippen molar-refractivity contribution < 1.29 is 17.6 Å². The van der Waals surface area contributed by atoms with Gasteiger partial charge in [-0.1, -0.05) is 36.4 Å². The highest BCUT2D eigenvalue weighted by molar-refractivity contribution is 7.91. The molecule has 2 heterocycles. The summed E-state index contributed by atoms with van der Waals surface area (Å²) in [6, 6.07) is 19.3. The van der Waals surface area contributed by atoms with Gasteiger partial charge in [0.1, 0.15) is 5.75 Å². The van der Waals surface area contributed by atoms with E-state index in [1.54, 1.807) is 55.9 Å². The predicted octanol–water partition coefficient (Wildman–Crippen LogP) is 4.69. The zero-order valence-electron chi connectivity index (χ0n) is 17.3. The van der Waals surface area contributed by atoms with E-state index in [9.17, 15) is 8.42 Å². The van der Waals surface area contributed by atoms with Crippen LogP contribution in [0.15, 0.2) is 93.5 Å². The molecule has 0 aliphatic carbocycles. The number of anilines is 1. The largest absolute Gasteiger partial charge is 0.497 e. The molecule has 2 aromatic carbocycles. The quantitative estimate of drug-likeness (QED) is 0.419. The second-order valence-electron chi connectivity index (χ2n) is 6.83. The minimum Gasteiger partial charge on any atom is -0.497 e. The molecule has 0 saturated heterocycles. The summed E-state index contributed by atoms with van der Waals surface area (Å²) in [5.41, 5.74) is 1.74. The summed E-state index contributed by atoms with van der Waals surface area (Å²) in [7, 11) is -2.29. The van der Waals surface area contributed by atoms with Crippen LogP contribution in [0, 0.1) is 0 Å². The molecule has 0 aliphatic heterocycles. The van der Waals surface area contributed by atoms with E-state index >= 15 is 0 Å². The van der Waals surface area contributed by atoms with Gasteiger partial charge in [-0.05, 0) is 47.5 Å². The fourth-order valence-corrected chi connectivity index (χ4v) is 4.30. The Hall–Kier alpha value is -3.91. The first-order valence-corrected chi connectivity index (χ1v) is 11.3. The first-order chi connectivity index (χ1) is 15.6. The molecule has 0 fully saturated rings. The van der Waals surface area contributed by atoms with Gasteiger partial charge in [0.05, 0.1) is 12.0 Å². The van der Waals surface area contributed by atoms with Crippen LogP contribution < -0.4 is 10.1 Å². The summed E-state index contributed by atoms with van der Waals surface area (Å²) in [6.07, 6.45) is 6.76. The zero-order chi connectivity index (χ0) is 22.4. The monoisotopic (exact) mass is 447 g/mol. The van der Waals surface area contributed by atoms with E-state index in [0.717, 1.165) is 11.1 Å². The van der Waals surface area contributed by atoms with E-state index in [0.29, 0.717) is 12.3 Å². The lowest BCUT2D eigenvalue weighted by Gasteiger charge is -2.06. The van der Waals surface area contributed by atoms with Crippen LogP contribution in [0.5, 0.6) is 5.75 Å². The van der Waals surface area contributed by atoms with E-state index in [-0.39, 0.29) is 21.7 Å². The van der Waals surface area contributed by atoms with Crippen LogP contribution >= 0.6 is 0 Å². The fourth-order valence-electron chi connectivity index (χ4n) is 3.00. The summed E-state index contributed by atoms with van der Waals surface area (Å²) in [6.45, 7) is 0.333. The molecule has 0 radical (unpaired) electrons. The van der Waals surface area contributed by atoms with Crippen LogP contribution in [0.2, 0.25) is 0 Å². The molecule has 162 valence electrons. The number of pyridine rings is 1. The number of methoxy groups -OCH3 is 1. The molecule has 0 bridgehead atoms. The zero-order valence-corrected chi connectivity index (χ0v) is 18.1. The minimum atomic E-state index is -3.88. The van der Waals surface area contributed by atoms with Crippen LogP contribution in [-0.2, 0) is 16.4 Å². The summed E-state index contributed by atoms with van der Waals surface area (Å²) in [4.78, 5) is 8.49. The number of nitrogens with zero attached hydrogens (tertiary/aromatic N) is 2. The lowest BCUT2D eigenvalue weighted by molar-refractivity contribution is 0.414. The summed E-state index contributed by atoms with van der Waals surface area (Å²) < 4.78 is 37.5. The first-order valence-electron chi connectivity index (χ1n) is 9.82. The van der Waals surface area contributed by atoms with Gasteiger partial charge in [0.15, 0.2) is 0 Å². The van der Waals surface area contributed by atoms with E-state index in [2.05, 4.69) is 15.3 Å². The highest BCUT2D eigenvalue weighted by Crippen LogP contribution is 2.29. The first kappa shape index (κ1) is 21.3. The maximum atomic E-state index is 13.2. The van der Waals surface area contributed by atoms with Crippen molar-refractivity contribution >= 4 is 27.9 Å². The van der Waals surface area contributed by atoms with Gasteiger partial charge in [0, 0.05) is 25.0 Å². The summed E-state index contributed by atoms with van der Waals surface area (Å²) in [5.74, 6) is 0.949. The van der Waals surface area contributed by atoms with Gasteiger partial charge in [-0.25, -0.2) is 8.42 Å². The second kappa shape index (κ2) is 9.49. The number of ether oxygens (including phenoxy) is 1. The number of benzene rings is 2. The van der Waals surface area contributed by atoms with Crippen LogP contribution in [-0.4, -0.2) is 25.5 Å². The second-order valence-corrected chi connectivity index (χ2v) is 8.69. The number of hydrogen-bond acceptors (Lipinski definition) is 7. The summed E-state index contributed by atoms with van der Waals surface area (Å²) >= 11 is 0. The Morgan fingerprint density at radius 3 is 2.62 bits per heavy atom. The molecular weight excluding hydrogens is 426 g/mol. The van der Waals surface area contributed by atoms with Gasteiger partial charge in [-0.2, -0.15) is 4.98 Å². The molecule has 0 spiro atoms. The number of nitrogens with one attached hydrogen (secondary N) is 1. The Kier molecular flexibility index (Phi) is 6.32. The predicted molar refractivity (Wildman–Crippen MR) is 122 cm³/mol. The van der Waals surface area contributed by atoms with Crippen molar-refractivity contribution in [2.24, 2.45) is 0 Å². The average Bonchev–Trinajstić information content (AvgIpc) is 3.27. The Morgan fingerprint density at radius 2 is 1.88 bits per heavy atom. The van der Waals surface area contributed by atoms with Crippen molar-refractivity contribution in [3.05, 3.63) is 96.1 Å². The molecule has 4 rings (SSSR count). The summed E-state index contributed by atoms with van der Waals surface area (Å²) in [5, 5.41) is 2.87. The maximum Gasteiger partial charge on any atom is 0.234 e. The van der Waals surface area contributed by atoms with Crippen LogP contribution in [0.3, 0.4) is 0 Å². The fraction of sp³-hybridized carbons (Fsp3) is 0.0833. The van der Waals surface area contributed by atoms with Crippen molar-refractivity contribution in [2.75, 3.05) is 12.4 Å². The van der Waals surface area contributed by atoms with Gasteiger partial charge < -0.3 is 14.5 Å². The standard InChI is InChI=1S/C24H21N3O4S/c1-30-20-9-5-7-18(15-20)12-13-22-27-24(32(28,29)21-10-3-2-4-11-21)23(31-22)26-17-19-8-6-14-25-16-19/h2-16,26H,17H2,1H3. The van der Waals surface area contributed by atoms with Gasteiger partial charge in [-0.15, -0.1) is 0 Å². The SMILES string of the molecule is COc1cccc(C=Cc2nc(S(=O)(=O)c3ccccc3)c(NCc3cccnc3)o2)c1.